The number of nitrogen functional groups attached to an aromatic ring is 2. The summed E-state index contributed by atoms with van der Waals surface area (Å²) in [6.45, 7) is 23.3. The number of hydrogen-bond donors (Lipinski definition) is 4. The largest absolute Gasteiger partial charge is 0.401 e. The van der Waals surface area contributed by atoms with Crippen molar-refractivity contribution in [2.24, 2.45) is 0 Å². The highest BCUT2D eigenvalue weighted by Crippen LogP contribution is 2.43. The second-order valence-electron chi connectivity index (χ2n) is 22.8. The molecule has 6 heterocycles. The molecule has 0 saturated heterocycles. The van der Waals surface area contributed by atoms with Crippen molar-refractivity contribution in [2.45, 2.75) is 142 Å². The van der Waals surface area contributed by atoms with Crippen molar-refractivity contribution in [3.05, 3.63) is 108 Å². The number of hydrogen-bond acceptors (Lipinski definition) is 12. The topological polar surface area (TPSA) is 224 Å². The number of alkyl halides is 6. The lowest BCUT2D eigenvalue weighted by Crippen LogP contribution is -2.36. The number of amides is 2. The molecule has 6 aromatic heterocycles. The summed E-state index contributed by atoms with van der Waals surface area (Å²) < 4.78 is 94.0. The maximum absolute atomic E-state index is 13.3. The first-order chi connectivity index (χ1) is 34.9. The molecule has 0 aliphatic carbocycles. The zero-order valence-corrected chi connectivity index (χ0v) is 44.7. The molecule has 8 aromatic rings. The Morgan fingerprint density at radius 3 is 1.33 bits per heavy atom. The Labute approximate surface area is 435 Å². The van der Waals surface area contributed by atoms with Crippen LogP contribution < -0.4 is 22.1 Å². The second kappa shape index (κ2) is 19.1. The molecule has 0 unspecified atom stereocenters. The summed E-state index contributed by atoms with van der Waals surface area (Å²) in [5, 5.41) is 13.8. The third-order valence-electron chi connectivity index (χ3n) is 13.8. The molecule has 6 N–H and O–H groups in total. The van der Waals surface area contributed by atoms with E-state index in [2.05, 4.69) is 82.4 Å². The van der Waals surface area contributed by atoms with Crippen molar-refractivity contribution in [3.63, 3.8) is 0 Å². The smallest absolute Gasteiger partial charge is 0.383 e. The van der Waals surface area contributed by atoms with Gasteiger partial charge < -0.3 is 35.0 Å². The van der Waals surface area contributed by atoms with Gasteiger partial charge in [-0.1, -0.05) is 58.8 Å². The highest BCUT2D eigenvalue weighted by atomic mass is 19.4. The van der Waals surface area contributed by atoms with Crippen LogP contribution in [0.3, 0.4) is 0 Å². The van der Waals surface area contributed by atoms with Gasteiger partial charge in [0.1, 0.15) is 52.1 Å². The van der Waals surface area contributed by atoms with Crippen molar-refractivity contribution >= 4 is 57.2 Å². The van der Waals surface area contributed by atoms with Crippen LogP contribution in [0, 0.1) is 0 Å². The normalized spacial score (nSPS) is 13.2. The minimum Gasteiger partial charge on any atom is -0.383 e. The molecule has 0 aliphatic heterocycles. The minimum absolute atomic E-state index is 0.0857. The van der Waals surface area contributed by atoms with Gasteiger partial charge >= 0.3 is 12.4 Å². The third kappa shape index (κ3) is 10.4. The highest BCUT2D eigenvalue weighted by Gasteiger charge is 2.52. The zero-order valence-electron chi connectivity index (χ0n) is 44.7. The first-order valence-electron chi connectivity index (χ1n) is 24.1. The summed E-state index contributed by atoms with van der Waals surface area (Å²) in [5.41, 5.74) is 11.4. The van der Waals surface area contributed by atoms with Gasteiger partial charge in [-0.25, -0.2) is 19.9 Å². The van der Waals surface area contributed by atoms with Crippen molar-refractivity contribution in [2.75, 3.05) is 22.1 Å². The molecule has 8 rings (SSSR count). The molecule has 404 valence electrons. The van der Waals surface area contributed by atoms with Crippen LogP contribution in [-0.2, 0) is 42.3 Å². The van der Waals surface area contributed by atoms with Gasteiger partial charge in [0.05, 0.1) is 21.6 Å². The van der Waals surface area contributed by atoms with E-state index < -0.39 is 45.8 Å². The lowest BCUT2D eigenvalue weighted by Gasteiger charge is -2.25. The third-order valence-corrected chi connectivity index (χ3v) is 13.8. The lowest BCUT2D eigenvalue weighted by molar-refractivity contribution is -0.185. The number of rotatable bonds is 10. The van der Waals surface area contributed by atoms with Crippen LogP contribution >= 0.6 is 0 Å². The van der Waals surface area contributed by atoms with Crippen LogP contribution in [0.2, 0.25) is 0 Å². The van der Waals surface area contributed by atoms with Gasteiger partial charge in [0.2, 0.25) is 17.7 Å². The fourth-order valence-corrected chi connectivity index (χ4v) is 8.11. The highest BCUT2D eigenvalue weighted by molar-refractivity contribution is 6.03. The van der Waals surface area contributed by atoms with Gasteiger partial charge in [-0.2, -0.15) is 26.3 Å². The van der Waals surface area contributed by atoms with E-state index in [1.807, 2.05) is 70.1 Å². The molecule has 22 heteroatoms. The van der Waals surface area contributed by atoms with Crippen molar-refractivity contribution < 1.29 is 45.0 Å². The molecule has 2 amide bonds. The monoisotopic (exact) mass is 1060 g/mol. The quantitative estimate of drug-likeness (QED) is 0.0939. The van der Waals surface area contributed by atoms with Gasteiger partial charge in [0.15, 0.2) is 11.6 Å². The number of aromatic nitrogens is 8. The van der Waals surface area contributed by atoms with Gasteiger partial charge in [-0.05, 0) is 119 Å². The molecule has 76 heavy (non-hydrogen) atoms. The van der Waals surface area contributed by atoms with E-state index in [1.165, 1.54) is 12.7 Å². The summed E-state index contributed by atoms with van der Waals surface area (Å²) in [6, 6.07) is 17.1. The number of anilines is 4. The van der Waals surface area contributed by atoms with E-state index in [1.54, 1.807) is 27.7 Å². The molecule has 16 nitrogen and oxygen atoms in total. The molecule has 0 bridgehead atoms. The molecule has 0 saturated carbocycles. The predicted molar refractivity (Wildman–Crippen MR) is 279 cm³/mol. The Kier molecular flexibility index (Phi) is 14.1. The van der Waals surface area contributed by atoms with Crippen LogP contribution in [0.25, 0.3) is 44.3 Å². The number of carbonyl (C=O) groups excluding carboxylic acids is 2. The van der Waals surface area contributed by atoms with Gasteiger partial charge in [-0.3, -0.25) is 14.9 Å². The summed E-state index contributed by atoms with van der Waals surface area (Å²) >= 11 is 0. The number of nitrogens with two attached hydrogens (primary N) is 2. The zero-order chi connectivity index (χ0) is 56.5. The fraction of sp³-hybridized carbons (Fsp3) is 0.407. The Bertz CT molecular complexity index is 3210. The number of halogens is 6. The average Bonchev–Trinajstić information content (AvgIpc) is 4.15. The van der Waals surface area contributed by atoms with Gasteiger partial charge in [-0.15, -0.1) is 0 Å². The molecule has 0 fully saturated rings. The first-order valence-corrected chi connectivity index (χ1v) is 24.1. The lowest BCUT2D eigenvalue weighted by atomic mass is 9.83. The Morgan fingerprint density at radius 2 is 0.934 bits per heavy atom. The SMILES string of the molecule is CC(C)(C(=O)Nc1cc(C(C)(C)C(F)(F)F)no1)c1ccc(-c2cn(C(C)(C)C)c3ncnc(N)c23)cc1.CC(C)(C(=O)Nc1cc(C(C)(C)C(F)(F)F)on1)c1ccc(-c2cn(C(C)(C)C)c3ncnc(N)c23)cc1. The van der Waals surface area contributed by atoms with Crippen LogP contribution in [0.1, 0.15) is 120 Å². The number of carbonyl (C=O) groups is 2. The number of nitrogens with one attached hydrogen (secondary N) is 2. The molecule has 0 atom stereocenters. The van der Waals surface area contributed by atoms with E-state index in [4.69, 9.17) is 20.5 Å². The van der Waals surface area contributed by atoms with Crippen LogP contribution in [0.4, 0.5) is 49.7 Å². The van der Waals surface area contributed by atoms with Crippen LogP contribution in [0.15, 0.2) is 94.8 Å². The standard InChI is InChI=1S/2C27H31F3N6O2/c1-24(2,3)36-13-17(20-21(31)32-14-33-22(20)36)15-8-10-16(11-9-15)25(4,5)23(37)34-19-12-18(38-35-19)26(6,7)27(28,29)30;1-24(2,3)36-13-17(20-21(31)32-14-33-22(20)36)15-8-10-16(11-9-15)25(4,5)23(37)34-19-12-18(35-38-19)26(6,7)27(28,29)30/h8-14H,1-7H3,(H2,31,32,33)(H,34,35,37);8-14H,1-7H3,(H,34,37)(H2,31,32,33). The molecule has 2 aromatic carbocycles. The first kappa shape index (κ1) is 56.0. The number of benzene rings is 2. The van der Waals surface area contributed by atoms with E-state index in [-0.39, 0.29) is 34.2 Å². The van der Waals surface area contributed by atoms with E-state index >= 15 is 0 Å². The molecule has 0 radical (unpaired) electrons. The molecular formula is C54H62F6N12O4. The Balaban J connectivity index is 0.000000221. The van der Waals surface area contributed by atoms with Crippen LogP contribution in [0.5, 0.6) is 0 Å². The number of fused-ring (bicyclic) bond motifs is 2. The van der Waals surface area contributed by atoms with Gasteiger partial charge in [0.25, 0.3) is 0 Å². The van der Waals surface area contributed by atoms with Crippen LogP contribution in [-0.4, -0.2) is 63.6 Å². The van der Waals surface area contributed by atoms with E-state index in [0.29, 0.717) is 22.8 Å². The molecule has 0 spiro atoms. The summed E-state index contributed by atoms with van der Waals surface area (Å²) in [6.07, 6.45) is -2.20. The van der Waals surface area contributed by atoms with Crippen molar-refractivity contribution in [3.8, 4) is 22.3 Å². The maximum atomic E-state index is 13.3. The summed E-state index contributed by atoms with van der Waals surface area (Å²) in [4.78, 5) is 43.5. The van der Waals surface area contributed by atoms with Crippen molar-refractivity contribution in [1.82, 2.24) is 39.4 Å². The second-order valence-corrected chi connectivity index (χ2v) is 22.8. The Hall–Kier alpha value is -7.78. The van der Waals surface area contributed by atoms with E-state index in [0.717, 1.165) is 84.1 Å². The summed E-state index contributed by atoms with van der Waals surface area (Å²) in [5.74, 6) is -0.791. The number of nitrogens with zero attached hydrogens (tertiary/aromatic N) is 8. The summed E-state index contributed by atoms with van der Waals surface area (Å²) in [7, 11) is 0. The molecular weight excluding hydrogens is 995 g/mol. The Morgan fingerprint density at radius 1 is 0.526 bits per heavy atom. The maximum Gasteiger partial charge on any atom is 0.401 e. The van der Waals surface area contributed by atoms with E-state index in [9.17, 15) is 35.9 Å². The fourth-order valence-electron chi connectivity index (χ4n) is 8.11. The predicted octanol–water partition coefficient (Wildman–Crippen LogP) is 12.4. The minimum atomic E-state index is -4.54. The van der Waals surface area contributed by atoms with Crippen molar-refractivity contribution in [1.29, 1.82) is 0 Å². The molecule has 0 aliphatic rings. The average molecular weight is 1060 g/mol. The van der Waals surface area contributed by atoms with Gasteiger partial charge in [0, 0.05) is 46.7 Å².